The zero-order valence-corrected chi connectivity index (χ0v) is 18.2. The van der Waals surface area contributed by atoms with E-state index in [0.717, 1.165) is 32.1 Å². The van der Waals surface area contributed by atoms with Gasteiger partial charge in [-0.2, -0.15) is 0 Å². The van der Waals surface area contributed by atoms with Crippen molar-refractivity contribution in [3.8, 4) is 0 Å². The van der Waals surface area contributed by atoms with E-state index in [1.54, 1.807) is 0 Å². The van der Waals surface area contributed by atoms with Crippen molar-refractivity contribution in [1.29, 1.82) is 0 Å². The number of hydrogen-bond donors (Lipinski definition) is 1. The summed E-state index contributed by atoms with van der Waals surface area (Å²) < 4.78 is 5.29. The van der Waals surface area contributed by atoms with Crippen LogP contribution < -0.4 is 5.32 Å². The normalized spacial score (nSPS) is 15.6. The first kappa shape index (κ1) is 23.4. The summed E-state index contributed by atoms with van der Waals surface area (Å²) in [6, 6.07) is 8.47. The number of amides is 1. The molecule has 4 nitrogen and oxygen atoms in total. The minimum Gasteiger partial charge on any atom is -0.466 e. The number of hydrogen-bond acceptors (Lipinski definition) is 3. The second kappa shape index (κ2) is 14.2. The fourth-order valence-corrected chi connectivity index (χ4v) is 4.06. The van der Waals surface area contributed by atoms with Crippen molar-refractivity contribution in [2.75, 3.05) is 6.61 Å². The predicted octanol–water partition coefficient (Wildman–Crippen LogP) is 6.03. The largest absolute Gasteiger partial charge is 0.466 e. The summed E-state index contributed by atoms with van der Waals surface area (Å²) in [5.41, 5.74) is 2.59. The van der Waals surface area contributed by atoms with E-state index in [0.29, 0.717) is 25.9 Å². The molecule has 162 valence electrons. The van der Waals surface area contributed by atoms with Gasteiger partial charge in [-0.1, -0.05) is 76.1 Å². The van der Waals surface area contributed by atoms with Crippen LogP contribution in [0.4, 0.5) is 0 Å². The number of carbonyl (C=O) groups excluding carboxylic acids is 2. The van der Waals surface area contributed by atoms with E-state index < -0.39 is 0 Å². The molecule has 2 rings (SSSR count). The molecule has 0 fully saturated rings. The van der Waals surface area contributed by atoms with Gasteiger partial charge >= 0.3 is 5.97 Å². The zero-order chi connectivity index (χ0) is 20.7. The molecule has 29 heavy (non-hydrogen) atoms. The van der Waals surface area contributed by atoms with E-state index in [9.17, 15) is 9.59 Å². The van der Waals surface area contributed by atoms with E-state index in [1.165, 1.54) is 49.7 Å². The van der Waals surface area contributed by atoms with Gasteiger partial charge in [-0.05, 0) is 43.2 Å². The van der Waals surface area contributed by atoms with Gasteiger partial charge in [0.05, 0.1) is 12.6 Å². The number of nitrogens with one attached hydrogen (secondary N) is 1. The maximum Gasteiger partial charge on any atom is 0.305 e. The fraction of sp³-hybridized carbons (Fsp3) is 0.680. The summed E-state index contributed by atoms with van der Waals surface area (Å²) >= 11 is 0. The Kier molecular flexibility index (Phi) is 11.5. The second-order valence-corrected chi connectivity index (χ2v) is 8.26. The van der Waals surface area contributed by atoms with Gasteiger partial charge in [-0.25, -0.2) is 0 Å². The van der Waals surface area contributed by atoms with Crippen LogP contribution in [0.5, 0.6) is 0 Å². The van der Waals surface area contributed by atoms with Gasteiger partial charge in [0.15, 0.2) is 0 Å². The molecule has 1 unspecified atom stereocenters. The van der Waals surface area contributed by atoms with Crippen LogP contribution in [0.15, 0.2) is 24.3 Å². The van der Waals surface area contributed by atoms with Crippen LogP contribution in [0.25, 0.3) is 0 Å². The average Bonchev–Trinajstić information content (AvgIpc) is 2.73. The average molecular weight is 402 g/mol. The zero-order valence-electron chi connectivity index (χ0n) is 18.2. The van der Waals surface area contributed by atoms with Crippen LogP contribution in [0.2, 0.25) is 0 Å². The van der Waals surface area contributed by atoms with Gasteiger partial charge in [0.1, 0.15) is 0 Å². The molecule has 1 aliphatic carbocycles. The summed E-state index contributed by atoms with van der Waals surface area (Å²) in [4.78, 5) is 24.1. The second-order valence-electron chi connectivity index (χ2n) is 8.26. The molecule has 1 N–H and O–H groups in total. The lowest BCUT2D eigenvalue weighted by Gasteiger charge is -2.26. The predicted molar refractivity (Wildman–Crippen MR) is 118 cm³/mol. The summed E-state index contributed by atoms with van der Waals surface area (Å²) in [5.74, 6) is -0.147. The molecule has 0 saturated carbocycles. The Morgan fingerprint density at radius 3 is 2.48 bits per heavy atom. The number of ether oxygens (including phenoxy) is 1. The third kappa shape index (κ3) is 9.47. The third-order valence-corrected chi connectivity index (χ3v) is 5.75. The van der Waals surface area contributed by atoms with Crippen LogP contribution >= 0.6 is 0 Å². The number of fused-ring (bicyclic) bond motifs is 1. The van der Waals surface area contributed by atoms with Crippen molar-refractivity contribution in [1.82, 2.24) is 5.32 Å². The molecule has 0 bridgehead atoms. The third-order valence-electron chi connectivity index (χ3n) is 5.75. The molecule has 0 aromatic heterocycles. The molecule has 1 aliphatic rings. The Hall–Kier alpha value is -1.84. The molecular weight excluding hydrogens is 362 g/mol. The van der Waals surface area contributed by atoms with E-state index in [4.69, 9.17) is 4.74 Å². The molecule has 1 amide bonds. The van der Waals surface area contributed by atoms with E-state index >= 15 is 0 Å². The van der Waals surface area contributed by atoms with Gasteiger partial charge in [-0.3, -0.25) is 9.59 Å². The van der Waals surface area contributed by atoms with Gasteiger partial charge < -0.3 is 10.1 Å². The topological polar surface area (TPSA) is 55.4 Å². The molecule has 4 heteroatoms. The number of esters is 1. The highest BCUT2D eigenvalue weighted by molar-refractivity contribution is 5.77. The van der Waals surface area contributed by atoms with Crippen molar-refractivity contribution in [2.45, 2.75) is 103 Å². The van der Waals surface area contributed by atoms with Crippen molar-refractivity contribution >= 4 is 11.9 Å². The van der Waals surface area contributed by atoms with Crippen LogP contribution in [-0.2, 0) is 20.7 Å². The molecular formula is C25H39NO3. The fourth-order valence-electron chi connectivity index (χ4n) is 4.06. The van der Waals surface area contributed by atoms with Crippen molar-refractivity contribution in [3.63, 3.8) is 0 Å². The molecule has 0 heterocycles. The summed E-state index contributed by atoms with van der Waals surface area (Å²) in [6.07, 6.45) is 14.3. The molecule has 0 radical (unpaired) electrons. The molecule has 1 aromatic rings. The monoisotopic (exact) mass is 401 g/mol. The van der Waals surface area contributed by atoms with Gasteiger partial charge in [0.25, 0.3) is 0 Å². The van der Waals surface area contributed by atoms with Crippen molar-refractivity contribution in [3.05, 3.63) is 35.4 Å². The Morgan fingerprint density at radius 1 is 0.966 bits per heavy atom. The van der Waals surface area contributed by atoms with Crippen molar-refractivity contribution < 1.29 is 14.3 Å². The minimum atomic E-state index is -0.177. The first-order valence-electron chi connectivity index (χ1n) is 11.7. The van der Waals surface area contributed by atoms with E-state index in [-0.39, 0.29) is 17.9 Å². The maximum absolute atomic E-state index is 12.3. The maximum atomic E-state index is 12.3. The van der Waals surface area contributed by atoms with Gasteiger partial charge in [-0.15, -0.1) is 0 Å². The Labute approximate surface area is 176 Å². The Balaban J connectivity index is 1.49. The number of benzene rings is 1. The summed E-state index contributed by atoms with van der Waals surface area (Å²) in [6.45, 7) is 2.75. The lowest BCUT2D eigenvalue weighted by molar-refractivity contribution is -0.143. The summed E-state index contributed by atoms with van der Waals surface area (Å²) in [7, 11) is 0. The number of unbranched alkanes of at least 4 members (excludes halogenated alkanes) is 7. The SMILES string of the molecule is CCCCCCCCCCOC(=O)CCCC(=O)NC1CCCc2ccccc21. The van der Waals surface area contributed by atoms with Crippen LogP contribution in [0.1, 0.15) is 108 Å². The standard InChI is InChI=1S/C25H39NO3/c1-2-3-4-5-6-7-8-11-20-29-25(28)19-13-18-24(27)26-23-17-12-15-21-14-9-10-16-22(21)23/h9-10,14,16,23H,2-8,11-13,15,17-20H2,1H3,(H,26,27). The molecule has 0 saturated heterocycles. The highest BCUT2D eigenvalue weighted by Crippen LogP contribution is 2.29. The van der Waals surface area contributed by atoms with Crippen LogP contribution in [0, 0.1) is 0 Å². The number of aryl methyl sites for hydroxylation is 1. The first-order valence-corrected chi connectivity index (χ1v) is 11.7. The number of rotatable bonds is 14. The Morgan fingerprint density at radius 2 is 1.69 bits per heavy atom. The van der Waals surface area contributed by atoms with Crippen LogP contribution in [-0.4, -0.2) is 18.5 Å². The quantitative estimate of drug-likeness (QED) is 0.306. The van der Waals surface area contributed by atoms with E-state index in [2.05, 4.69) is 30.4 Å². The minimum absolute atomic E-state index is 0.0302. The lowest BCUT2D eigenvalue weighted by Crippen LogP contribution is -2.30. The Bertz CT molecular complexity index is 614. The lowest BCUT2D eigenvalue weighted by atomic mass is 9.87. The molecule has 1 atom stereocenters. The highest BCUT2D eigenvalue weighted by atomic mass is 16.5. The molecule has 0 aliphatic heterocycles. The van der Waals surface area contributed by atoms with Gasteiger partial charge in [0.2, 0.25) is 5.91 Å². The highest BCUT2D eigenvalue weighted by Gasteiger charge is 2.21. The molecule has 1 aromatic carbocycles. The summed E-state index contributed by atoms with van der Waals surface area (Å²) in [5, 5.41) is 3.14. The van der Waals surface area contributed by atoms with Crippen LogP contribution in [0.3, 0.4) is 0 Å². The smallest absolute Gasteiger partial charge is 0.305 e. The van der Waals surface area contributed by atoms with Crippen molar-refractivity contribution in [2.24, 2.45) is 0 Å². The molecule has 0 spiro atoms. The van der Waals surface area contributed by atoms with E-state index in [1.807, 2.05) is 6.07 Å². The van der Waals surface area contributed by atoms with Gasteiger partial charge in [0, 0.05) is 12.8 Å². The number of carbonyl (C=O) groups is 2. The first-order chi connectivity index (χ1) is 14.2.